The van der Waals surface area contributed by atoms with E-state index in [1.807, 2.05) is 40.0 Å². The van der Waals surface area contributed by atoms with Gasteiger partial charge in [-0.3, -0.25) is 14.7 Å². The fourth-order valence-corrected chi connectivity index (χ4v) is 4.82. The number of hydrogen-bond donors (Lipinski definition) is 3. The summed E-state index contributed by atoms with van der Waals surface area (Å²) < 4.78 is 22.2. The van der Waals surface area contributed by atoms with Gasteiger partial charge in [-0.1, -0.05) is 26.8 Å². The zero-order valence-electron chi connectivity index (χ0n) is 23.5. The Morgan fingerprint density at radius 3 is 2.54 bits per heavy atom. The number of hydrogen-bond acceptors (Lipinski definition) is 8. The molecule has 13 heteroatoms. The summed E-state index contributed by atoms with van der Waals surface area (Å²) in [6.07, 6.45) is 3.28. The van der Waals surface area contributed by atoms with Crippen molar-refractivity contribution in [3.63, 3.8) is 0 Å². The number of carbonyl (C=O) groups is 1. The standard InChI is InChI=1S/C28H30FN9O2S/c1-15(2)37-24-17(12-31-26(30-6)35-24)9-19(25(37)39)16-7-8-20(29)21(10-16)33-27(40)34-23-11-22(28(3,4)5)36-38(23)18-13-32-41-14-18/h7-15H,1-6H3,(H,30,31,35)(H2,33,34,40). The lowest BCUT2D eigenvalue weighted by Crippen LogP contribution is -2.25. The maximum Gasteiger partial charge on any atom is 0.324 e. The van der Waals surface area contributed by atoms with E-state index in [1.54, 1.807) is 40.8 Å². The minimum atomic E-state index is -0.669. The van der Waals surface area contributed by atoms with Gasteiger partial charge in [-0.15, -0.1) is 0 Å². The molecule has 41 heavy (non-hydrogen) atoms. The van der Waals surface area contributed by atoms with Crippen LogP contribution in [0, 0.1) is 5.82 Å². The number of benzene rings is 1. The first-order valence-corrected chi connectivity index (χ1v) is 13.8. The Morgan fingerprint density at radius 1 is 1.10 bits per heavy atom. The molecular formula is C28H30FN9O2S. The number of nitrogens with zero attached hydrogens (tertiary/aromatic N) is 6. The second-order valence-electron chi connectivity index (χ2n) is 10.8. The molecule has 0 bridgehead atoms. The largest absolute Gasteiger partial charge is 0.357 e. The highest BCUT2D eigenvalue weighted by Crippen LogP contribution is 2.29. The second kappa shape index (κ2) is 10.7. The first-order valence-electron chi connectivity index (χ1n) is 12.9. The van der Waals surface area contributed by atoms with Crippen molar-refractivity contribution < 1.29 is 9.18 Å². The Hall–Kier alpha value is -4.65. The highest BCUT2D eigenvalue weighted by atomic mass is 32.1. The predicted octanol–water partition coefficient (Wildman–Crippen LogP) is 5.80. The molecule has 0 aliphatic rings. The van der Waals surface area contributed by atoms with Crippen molar-refractivity contribution in [1.29, 1.82) is 0 Å². The summed E-state index contributed by atoms with van der Waals surface area (Å²) in [5, 5.41) is 15.3. The summed E-state index contributed by atoms with van der Waals surface area (Å²) in [6.45, 7) is 9.82. The van der Waals surface area contributed by atoms with Crippen LogP contribution in [0.2, 0.25) is 0 Å². The lowest BCUT2D eigenvalue weighted by atomic mass is 9.92. The summed E-state index contributed by atoms with van der Waals surface area (Å²) >= 11 is 1.26. The predicted molar refractivity (Wildman–Crippen MR) is 160 cm³/mol. The molecule has 0 atom stereocenters. The van der Waals surface area contributed by atoms with Gasteiger partial charge in [0.25, 0.3) is 5.56 Å². The average Bonchev–Trinajstić information content (AvgIpc) is 3.59. The number of carbonyl (C=O) groups excluding carboxylic acids is 1. The summed E-state index contributed by atoms with van der Waals surface area (Å²) in [5.74, 6) is 0.144. The molecule has 11 nitrogen and oxygen atoms in total. The van der Waals surface area contributed by atoms with Gasteiger partial charge in [0, 0.05) is 47.1 Å². The third-order valence-corrected chi connectivity index (χ3v) is 7.00. The van der Waals surface area contributed by atoms with Crippen molar-refractivity contribution in [3.8, 4) is 16.8 Å². The van der Waals surface area contributed by atoms with Crippen molar-refractivity contribution in [2.24, 2.45) is 0 Å². The van der Waals surface area contributed by atoms with Crippen molar-refractivity contribution in [2.45, 2.75) is 46.1 Å². The van der Waals surface area contributed by atoms with Crippen LogP contribution >= 0.6 is 11.5 Å². The Labute approximate surface area is 239 Å². The Morgan fingerprint density at radius 2 is 1.88 bits per heavy atom. The van der Waals surface area contributed by atoms with E-state index in [1.165, 1.54) is 29.7 Å². The molecule has 5 rings (SSSR count). The maximum absolute atomic E-state index is 14.9. The molecule has 0 radical (unpaired) electrons. The fraction of sp³-hybridized carbons (Fsp3) is 0.286. The zero-order chi connectivity index (χ0) is 29.5. The number of urea groups is 1. The average molecular weight is 576 g/mol. The van der Waals surface area contributed by atoms with E-state index in [0.29, 0.717) is 39.6 Å². The van der Waals surface area contributed by atoms with Crippen LogP contribution in [-0.2, 0) is 5.41 Å². The van der Waals surface area contributed by atoms with Gasteiger partial charge in [-0.2, -0.15) is 14.5 Å². The maximum atomic E-state index is 14.9. The molecular weight excluding hydrogens is 545 g/mol. The van der Waals surface area contributed by atoms with Gasteiger partial charge in [0.1, 0.15) is 17.3 Å². The molecule has 5 aromatic rings. The van der Waals surface area contributed by atoms with Gasteiger partial charge in [0.05, 0.1) is 23.3 Å². The van der Waals surface area contributed by atoms with Crippen molar-refractivity contribution in [1.82, 2.24) is 28.7 Å². The van der Waals surface area contributed by atoms with E-state index < -0.39 is 11.8 Å². The minimum absolute atomic E-state index is 0.0864. The third-order valence-electron chi connectivity index (χ3n) is 6.42. The van der Waals surface area contributed by atoms with E-state index >= 15 is 0 Å². The SMILES string of the molecule is CNc1ncc2cc(-c3ccc(F)c(NC(=O)Nc4cc(C(C)(C)C)nn4-c4cnsc4)c3)c(=O)n(C(C)C)c2n1. The van der Waals surface area contributed by atoms with Crippen LogP contribution in [0.15, 0.2) is 52.9 Å². The van der Waals surface area contributed by atoms with Gasteiger partial charge in [0.2, 0.25) is 5.95 Å². The molecule has 4 aromatic heterocycles. The number of nitrogens with one attached hydrogen (secondary N) is 3. The number of aromatic nitrogens is 6. The summed E-state index contributed by atoms with van der Waals surface area (Å²) in [4.78, 5) is 35.4. The highest BCUT2D eigenvalue weighted by Gasteiger charge is 2.22. The molecule has 0 saturated heterocycles. The van der Waals surface area contributed by atoms with Gasteiger partial charge in [-0.25, -0.2) is 18.9 Å². The molecule has 0 aliphatic heterocycles. The topological polar surface area (TPSA) is 132 Å². The molecule has 0 fully saturated rings. The monoisotopic (exact) mass is 575 g/mol. The number of halogens is 1. The van der Waals surface area contributed by atoms with Gasteiger partial charge < -0.3 is 10.6 Å². The normalized spacial score (nSPS) is 11.7. The van der Waals surface area contributed by atoms with Gasteiger partial charge >= 0.3 is 6.03 Å². The molecule has 3 N–H and O–H groups in total. The van der Waals surface area contributed by atoms with Crippen molar-refractivity contribution in [2.75, 3.05) is 23.0 Å². The Kier molecular flexibility index (Phi) is 7.30. The smallest absolute Gasteiger partial charge is 0.324 e. The number of anilines is 3. The second-order valence-corrected chi connectivity index (χ2v) is 11.4. The fourth-order valence-electron chi connectivity index (χ4n) is 4.32. The van der Waals surface area contributed by atoms with Crippen LogP contribution in [0.5, 0.6) is 0 Å². The quantitative estimate of drug-likeness (QED) is 0.233. The number of amides is 2. The molecule has 2 amide bonds. The summed E-state index contributed by atoms with van der Waals surface area (Å²) in [5.41, 5.74) is 2.05. The van der Waals surface area contributed by atoms with Crippen LogP contribution in [-0.4, -0.2) is 41.8 Å². The third kappa shape index (κ3) is 5.53. The van der Waals surface area contributed by atoms with Crippen LogP contribution in [0.4, 0.5) is 26.6 Å². The van der Waals surface area contributed by atoms with Gasteiger partial charge in [0.15, 0.2) is 0 Å². The van der Waals surface area contributed by atoms with E-state index in [4.69, 9.17) is 0 Å². The lowest BCUT2D eigenvalue weighted by molar-refractivity contribution is 0.262. The number of fused-ring (bicyclic) bond motifs is 1. The van der Waals surface area contributed by atoms with E-state index in [0.717, 1.165) is 5.69 Å². The molecule has 0 unspecified atom stereocenters. The zero-order valence-corrected chi connectivity index (χ0v) is 24.3. The first kappa shape index (κ1) is 27.9. The highest BCUT2D eigenvalue weighted by molar-refractivity contribution is 7.03. The molecule has 212 valence electrons. The molecule has 0 spiro atoms. The molecule has 4 heterocycles. The van der Waals surface area contributed by atoms with E-state index in [9.17, 15) is 14.0 Å². The van der Waals surface area contributed by atoms with Crippen molar-refractivity contribution >= 4 is 46.1 Å². The number of rotatable bonds is 6. The van der Waals surface area contributed by atoms with Crippen LogP contribution in [0.1, 0.15) is 46.4 Å². The van der Waals surface area contributed by atoms with E-state index in [2.05, 4.69) is 35.4 Å². The minimum Gasteiger partial charge on any atom is -0.357 e. The van der Waals surface area contributed by atoms with Crippen LogP contribution in [0.3, 0.4) is 0 Å². The van der Waals surface area contributed by atoms with Gasteiger partial charge in [-0.05, 0) is 49.1 Å². The van der Waals surface area contributed by atoms with Crippen LogP contribution < -0.4 is 21.5 Å². The Balaban J connectivity index is 1.49. The summed E-state index contributed by atoms with van der Waals surface area (Å²) in [7, 11) is 1.70. The molecule has 1 aromatic carbocycles. The van der Waals surface area contributed by atoms with Crippen LogP contribution in [0.25, 0.3) is 27.8 Å². The first-order chi connectivity index (χ1) is 19.5. The van der Waals surface area contributed by atoms with Crippen molar-refractivity contribution in [3.05, 3.63) is 70.0 Å². The lowest BCUT2D eigenvalue weighted by Gasteiger charge is -2.16. The molecule has 0 aliphatic carbocycles. The Bertz CT molecular complexity index is 1800. The summed E-state index contributed by atoms with van der Waals surface area (Å²) in [6, 6.07) is 6.73. The number of pyridine rings is 1. The van der Waals surface area contributed by atoms with E-state index in [-0.39, 0.29) is 22.7 Å². The molecule has 0 saturated carbocycles.